The summed E-state index contributed by atoms with van der Waals surface area (Å²) >= 11 is 0. The molecule has 2 aliphatic heterocycles. The predicted molar refractivity (Wildman–Crippen MR) is 112 cm³/mol. The topological polar surface area (TPSA) is 69.3 Å². The number of amides is 1. The molecule has 2 aliphatic carbocycles. The number of nitrogens with one attached hydrogen (secondary N) is 1. The molecule has 6 nitrogen and oxygen atoms in total. The number of fused-ring (bicyclic) bond motifs is 1. The third kappa shape index (κ3) is 4.18. The number of likely N-dealkylation sites (tertiary alicyclic amines) is 1. The van der Waals surface area contributed by atoms with Crippen LogP contribution in [0, 0.1) is 11.8 Å². The maximum absolute atomic E-state index is 12.8. The number of allylic oxidation sites excluding steroid dienone is 2. The highest BCUT2D eigenvalue weighted by Crippen LogP contribution is 2.32. The van der Waals surface area contributed by atoms with Gasteiger partial charge in [0.15, 0.2) is 0 Å². The summed E-state index contributed by atoms with van der Waals surface area (Å²) in [6.45, 7) is 4.44. The number of aromatic amines is 1. The summed E-state index contributed by atoms with van der Waals surface area (Å²) < 4.78 is 0. The first kappa shape index (κ1) is 19.0. The van der Waals surface area contributed by atoms with Crippen molar-refractivity contribution < 1.29 is 4.79 Å². The van der Waals surface area contributed by atoms with E-state index in [1.807, 2.05) is 4.90 Å². The Morgan fingerprint density at radius 2 is 2.07 bits per heavy atom. The molecule has 2 atom stereocenters. The summed E-state index contributed by atoms with van der Waals surface area (Å²) in [4.78, 5) is 37.6. The molecule has 2 unspecified atom stereocenters. The number of hydrogen-bond donors (Lipinski definition) is 1. The van der Waals surface area contributed by atoms with Crippen molar-refractivity contribution in [1.29, 1.82) is 0 Å². The number of rotatable bonds is 4. The summed E-state index contributed by atoms with van der Waals surface area (Å²) in [6, 6.07) is 0. The average Bonchev–Trinajstić information content (AvgIpc) is 3.59. The van der Waals surface area contributed by atoms with E-state index >= 15 is 0 Å². The first-order valence-corrected chi connectivity index (χ1v) is 11.5. The lowest BCUT2D eigenvalue weighted by molar-refractivity contribution is -0.133. The van der Waals surface area contributed by atoms with Crippen LogP contribution in [0.3, 0.4) is 0 Å². The molecule has 1 amide bonds. The quantitative estimate of drug-likeness (QED) is 0.795. The smallest absolute Gasteiger partial charge is 0.256 e. The molecule has 0 bridgehead atoms. The molecular formula is C23H32N4O2. The van der Waals surface area contributed by atoms with Gasteiger partial charge in [0.05, 0.1) is 17.8 Å². The van der Waals surface area contributed by atoms with Crippen molar-refractivity contribution >= 4 is 5.91 Å². The number of aromatic nitrogens is 2. The fourth-order valence-electron chi connectivity index (χ4n) is 5.25. The van der Waals surface area contributed by atoms with E-state index in [1.165, 1.54) is 19.3 Å². The summed E-state index contributed by atoms with van der Waals surface area (Å²) in [7, 11) is 0. The Labute approximate surface area is 172 Å². The van der Waals surface area contributed by atoms with Gasteiger partial charge in [-0.1, -0.05) is 12.2 Å². The Hall–Kier alpha value is -1.95. The van der Waals surface area contributed by atoms with Gasteiger partial charge in [-0.05, 0) is 57.4 Å². The normalized spacial score (nSPS) is 27.7. The third-order valence-electron chi connectivity index (χ3n) is 7.11. The molecule has 1 N–H and O–H groups in total. The zero-order chi connectivity index (χ0) is 19.8. The molecule has 3 heterocycles. The Morgan fingerprint density at radius 1 is 1.17 bits per heavy atom. The van der Waals surface area contributed by atoms with Crippen LogP contribution < -0.4 is 5.56 Å². The van der Waals surface area contributed by atoms with E-state index < -0.39 is 0 Å². The average molecular weight is 397 g/mol. The van der Waals surface area contributed by atoms with E-state index in [4.69, 9.17) is 4.98 Å². The Balaban J connectivity index is 1.27. The number of nitrogens with zero attached hydrogens (tertiary/aromatic N) is 3. The molecule has 1 aromatic heterocycles. The summed E-state index contributed by atoms with van der Waals surface area (Å²) in [5, 5.41) is 0. The second-order valence-electron chi connectivity index (χ2n) is 9.41. The number of piperidine rings is 1. The zero-order valence-electron chi connectivity index (χ0n) is 17.2. The van der Waals surface area contributed by atoms with Crippen LogP contribution in [0.15, 0.2) is 16.9 Å². The lowest BCUT2D eigenvalue weighted by Crippen LogP contribution is -2.42. The molecule has 1 saturated carbocycles. The minimum Gasteiger partial charge on any atom is -0.337 e. The molecule has 156 valence electrons. The molecule has 4 aliphatic rings. The van der Waals surface area contributed by atoms with E-state index in [0.29, 0.717) is 31.0 Å². The molecule has 6 heteroatoms. The number of carbonyl (C=O) groups excluding carboxylic acids is 1. The third-order valence-corrected chi connectivity index (χ3v) is 7.11. The lowest BCUT2D eigenvalue weighted by Gasteiger charge is -2.35. The van der Waals surface area contributed by atoms with Crippen LogP contribution in [0.25, 0.3) is 0 Å². The van der Waals surface area contributed by atoms with Crippen LogP contribution >= 0.6 is 0 Å². The van der Waals surface area contributed by atoms with Crippen molar-refractivity contribution in [2.24, 2.45) is 11.8 Å². The molecule has 5 rings (SSSR count). The summed E-state index contributed by atoms with van der Waals surface area (Å²) in [6.07, 6.45) is 13.3. The van der Waals surface area contributed by atoms with Crippen LogP contribution in [0.5, 0.6) is 0 Å². The van der Waals surface area contributed by atoms with Gasteiger partial charge in [-0.25, -0.2) is 4.98 Å². The van der Waals surface area contributed by atoms with Gasteiger partial charge in [-0.15, -0.1) is 0 Å². The van der Waals surface area contributed by atoms with Crippen molar-refractivity contribution in [2.45, 2.75) is 63.8 Å². The van der Waals surface area contributed by atoms with Crippen molar-refractivity contribution in [2.75, 3.05) is 26.2 Å². The van der Waals surface area contributed by atoms with Crippen molar-refractivity contribution in [3.8, 4) is 0 Å². The van der Waals surface area contributed by atoms with Crippen molar-refractivity contribution in [3.63, 3.8) is 0 Å². The number of H-pyrrole nitrogens is 1. The van der Waals surface area contributed by atoms with E-state index in [1.54, 1.807) is 0 Å². The molecule has 2 fully saturated rings. The van der Waals surface area contributed by atoms with Crippen molar-refractivity contribution in [1.82, 2.24) is 19.8 Å². The molecule has 0 spiro atoms. The van der Waals surface area contributed by atoms with Gasteiger partial charge < -0.3 is 14.8 Å². The monoisotopic (exact) mass is 396 g/mol. The SMILES string of the molecule is O=C(C1CC1)N1CCc2nc(C3CCCN(CC4CC=CCC4)C3)[nH]c(=O)c2C1. The Bertz CT molecular complexity index is 857. The van der Waals surface area contributed by atoms with Crippen LogP contribution in [0.2, 0.25) is 0 Å². The van der Waals surface area contributed by atoms with Crippen LogP contribution in [0.1, 0.15) is 67.9 Å². The van der Waals surface area contributed by atoms with E-state index in [-0.39, 0.29) is 17.4 Å². The van der Waals surface area contributed by atoms with Crippen molar-refractivity contribution in [3.05, 3.63) is 39.6 Å². The highest BCUT2D eigenvalue weighted by molar-refractivity contribution is 5.81. The van der Waals surface area contributed by atoms with Gasteiger partial charge in [-0.2, -0.15) is 0 Å². The minimum absolute atomic E-state index is 0.0344. The van der Waals surface area contributed by atoms with Gasteiger partial charge >= 0.3 is 0 Å². The first-order valence-electron chi connectivity index (χ1n) is 11.5. The molecule has 1 aromatic rings. The summed E-state index contributed by atoms with van der Waals surface area (Å²) in [5.41, 5.74) is 1.58. The van der Waals surface area contributed by atoms with Gasteiger partial charge in [0.25, 0.3) is 5.56 Å². The predicted octanol–water partition coefficient (Wildman–Crippen LogP) is 2.60. The molecule has 1 saturated heterocycles. The van der Waals surface area contributed by atoms with E-state index in [0.717, 1.165) is 62.8 Å². The summed E-state index contributed by atoms with van der Waals surface area (Å²) in [5.74, 6) is 2.37. The molecule has 0 aromatic carbocycles. The van der Waals surface area contributed by atoms with E-state index in [2.05, 4.69) is 22.0 Å². The molecule has 0 radical (unpaired) electrons. The maximum Gasteiger partial charge on any atom is 0.256 e. The maximum atomic E-state index is 12.8. The van der Waals surface area contributed by atoms with Gasteiger partial charge in [0.1, 0.15) is 5.82 Å². The zero-order valence-corrected chi connectivity index (χ0v) is 17.2. The number of carbonyl (C=O) groups is 1. The van der Waals surface area contributed by atoms with Gasteiger partial charge in [0, 0.05) is 37.9 Å². The fraction of sp³-hybridized carbons (Fsp3) is 0.696. The Kier molecular flexibility index (Phi) is 5.29. The lowest BCUT2D eigenvalue weighted by atomic mass is 9.91. The minimum atomic E-state index is -0.0344. The first-order chi connectivity index (χ1) is 14.2. The van der Waals surface area contributed by atoms with Crippen LogP contribution in [-0.2, 0) is 17.8 Å². The second-order valence-corrected chi connectivity index (χ2v) is 9.41. The molecular weight excluding hydrogens is 364 g/mol. The largest absolute Gasteiger partial charge is 0.337 e. The number of hydrogen-bond acceptors (Lipinski definition) is 4. The Morgan fingerprint density at radius 3 is 2.86 bits per heavy atom. The second kappa shape index (κ2) is 8.05. The van der Waals surface area contributed by atoms with Crippen LogP contribution in [0.4, 0.5) is 0 Å². The molecule has 29 heavy (non-hydrogen) atoms. The van der Waals surface area contributed by atoms with Gasteiger partial charge in [0.2, 0.25) is 5.91 Å². The fourth-order valence-corrected chi connectivity index (χ4v) is 5.25. The van der Waals surface area contributed by atoms with Crippen LogP contribution in [-0.4, -0.2) is 51.9 Å². The standard InChI is InChI=1S/C23H32N4O2/c28-22-19-15-27(23(29)17-8-9-17)12-10-20(19)24-21(25-22)18-7-4-11-26(14-18)13-16-5-2-1-3-6-16/h1-2,16-18H,3-15H2,(H,24,25,28). The van der Waals surface area contributed by atoms with E-state index in [9.17, 15) is 9.59 Å². The highest BCUT2D eigenvalue weighted by Gasteiger charge is 2.36. The highest BCUT2D eigenvalue weighted by atomic mass is 16.2. The van der Waals surface area contributed by atoms with Gasteiger partial charge in [-0.3, -0.25) is 9.59 Å².